The minimum atomic E-state index is -0.933. The van der Waals surface area contributed by atoms with Gasteiger partial charge in [0.1, 0.15) is 24.2 Å². The number of aliphatic hydroxyl groups is 1. The Morgan fingerprint density at radius 1 is 1.26 bits per heavy atom. The van der Waals surface area contributed by atoms with E-state index in [4.69, 9.17) is 9.15 Å². The number of anilines is 1. The highest BCUT2D eigenvalue weighted by Crippen LogP contribution is 2.19. The number of ether oxygens (including phenoxy) is 1. The number of benzene rings is 1. The van der Waals surface area contributed by atoms with Crippen molar-refractivity contribution in [3.8, 4) is 5.75 Å². The summed E-state index contributed by atoms with van der Waals surface area (Å²) in [7, 11) is 1.52. The maximum Gasteiger partial charge on any atom is 0.329 e. The minimum absolute atomic E-state index is 0.0197. The molecule has 10 heteroatoms. The van der Waals surface area contributed by atoms with Crippen molar-refractivity contribution in [2.75, 3.05) is 11.9 Å². The summed E-state index contributed by atoms with van der Waals surface area (Å²) in [5.41, 5.74) is 0.198. The number of furan rings is 1. The number of nitrogens with one attached hydrogen (secondary N) is 2. The van der Waals surface area contributed by atoms with E-state index in [9.17, 15) is 14.7 Å². The van der Waals surface area contributed by atoms with Gasteiger partial charge in [-0.1, -0.05) is 18.2 Å². The maximum absolute atomic E-state index is 12.5. The van der Waals surface area contributed by atoms with Gasteiger partial charge >= 0.3 is 5.69 Å². The molecule has 0 bridgehead atoms. The second-order valence-corrected chi connectivity index (χ2v) is 7.20. The van der Waals surface area contributed by atoms with Gasteiger partial charge in [-0.15, -0.1) is 0 Å². The van der Waals surface area contributed by atoms with Crippen LogP contribution < -0.4 is 21.3 Å². The number of H-pyrrole nitrogens is 1. The molecule has 0 saturated heterocycles. The third-order valence-corrected chi connectivity index (χ3v) is 4.93. The zero-order valence-electron chi connectivity index (χ0n) is 17.2. The van der Waals surface area contributed by atoms with E-state index in [-0.39, 0.29) is 24.3 Å². The van der Waals surface area contributed by atoms with Gasteiger partial charge in [0.05, 0.1) is 19.4 Å². The average molecular weight is 425 g/mol. The van der Waals surface area contributed by atoms with Gasteiger partial charge in [-0.05, 0) is 30.7 Å². The van der Waals surface area contributed by atoms with Gasteiger partial charge in [0.15, 0.2) is 11.2 Å². The van der Waals surface area contributed by atoms with Gasteiger partial charge in [-0.2, -0.15) is 4.98 Å². The Kier molecular flexibility index (Phi) is 5.63. The zero-order valence-corrected chi connectivity index (χ0v) is 17.2. The summed E-state index contributed by atoms with van der Waals surface area (Å²) < 4.78 is 13.9. The minimum Gasteiger partial charge on any atom is -0.491 e. The van der Waals surface area contributed by atoms with Gasteiger partial charge in [-0.25, -0.2) is 4.79 Å². The van der Waals surface area contributed by atoms with E-state index in [2.05, 4.69) is 15.3 Å². The van der Waals surface area contributed by atoms with Crippen LogP contribution in [0.1, 0.15) is 11.3 Å². The number of hydrogen-bond donors (Lipinski definition) is 3. The molecule has 0 aliphatic carbocycles. The van der Waals surface area contributed by atoms with Crippen molar-refractivity contribution in [3.63, 3.8) is 0 Å². The van der Waals surface area contributed by atoms with E-state index in [0.29, 0.717) is 24.0 Å². The van der Waals surface area contributed by atoms with Crippen LogP contribution in [0.4, 0.5) is 5.95 Å². The average Bonchev–Trinajstić information content (AvgIpc) is 3.38. The molecule has 0 aliphatic heterocycles. The number of hydrogen-bond acceptors (Lipinski definition) is 7. The van der Waals surface area contributed by atoms with Crippen LogP contribution in [-0.2, 0) is 20.1 Å². The van der Waals surface area contributed by atoms with Crippen molar-refractivity contribution < 1.29 is 14.3 Å². The third kappa shape index (κ3) is 4.24. The van der Waals surface area contributed by atoms with Crippen LogP contribution in [0.5, 0.6) is 5.75 Å². The lowest BCUT2D eigenvalue weighted by Crippen LogP contribution is -2.31. The molecule has 0 unspecified atom stereocenters. The Labute approximate surface area is 176 Å². The molecule has 0 amide bonds. The second kappa shape index (κ2) is 8.52. The largest absolute Gasteiger partial charge is 0.491 e. The molecule has 31 heavy (non-hydrogen) atoms. The molecule has 0 aliphatic rings. The zero-order chi connectivity index (χ0) is 22.0. The fraction of sp³-hybridized carbons (Fsp3) is 0.286. The molecule has 0 spiro atoms. The normalized spacial score (nSPS) is 12.2. The van der Waals surface area contributed by atoms with Crippen LogP contribution >= 0.6 is 0 Å². The summed E-state index contributed by atoms with van der Waals surface area (Å²) in [5, 5.41) is 13.7. The maximum atomic E-state index is 12.5. The van der Waals surface area contributed by atoms with Gasteiger partial charge < -0.3 is 24.1 Å². The Balaban J connectivity index is 1.63. The quantitative estimate of drug-likeness (QED) is 0.389. The molecule has 1 aromatic carbocycles. The first kappa shape index (κ1) is 20.5. The van der Waals surface area contributed by atoms with Crippen molar-refractivity contribution in [1.29, 1.82) is 0 Å². The van der Waals surface area contributed by atoms with Crippen LogP contribution in [0.25, 0.3) is 11.2 Å². The fourth-order valence-corrected chi connectivity index (χ4v) is 3.29. The smallest absolute Gasteiger partial charge is 0.329 e. The lowest BCUT2D eigenvalue weighted by atomic mass is 10.2. The summed E-state index contributed by atoms with van der Waals surface area (Å²) in [6.45, 7) is 2.29. The molecule has 1 atom stereocenters. The number of nitrogens with zero attached hydrogens (tertiary/aromatic N) is 3. The molecular formula is C21H23N5O5. The number of aryl methyl sites for hydroxylation is 2. The SMILES string of the molecule is Cc1ccccc1OC[C@H](O)Cn1c(NCc2ccco2)nc2c1c(=O)[nH]c(=O)n2C. The molecule has 162 valence electrons. The molecule has 3 aromatic heterocycles. The van der Waals surface area contributed by atoms with Crippen molar-refractivity contribution in [1.82, 2.24) is 19.1 Å². The van der Waals surface area contributed by atoms with Crippen LogP contribution in [0.15, 0.2) is 56.7 Å². The molecule has 4 rings (SSSR count). The highest BCUT2D eigenvalue weighted by Gasteiger charge is 2.20. The molecule has 3 heterocycles. The molecule has 0 saturated carbocycles. The molecule has 0 radical (unpaired) electrons. The fourth-order valence-electron chi connectivity index (χ4n) is 3.29. The number of imidazole rings is 1. The highest BCUT2D eigenvalue weighted by molar-refractivity contribution is 5.74. The van der Waals surface area contributed by atoms with E-state index in [1.807, 2.05) is 31.2 Å². The van der Waals surface area contributed by atoms with E-state index < -0.39 is 17.4 Å². The number of aromatic nitrogens is 4. The third-order valence-electron chi connectivity index (χ3n) is 4.93. The van der Waals surface area contributed by atoms with Crippen LogP contribution in [-0.4, -0.2) is 36.9 Å². The monoisotopic (exact) mass is 425 g/mol. The Morgan fingerprint density at radius 3 is 2.81 bits per heavy atom. The molecular weight excluding hydrogens is 402 g/mol. The summed E-state index contributed by atoms with van der Waals surface area (Å²) >= 11 is 0. The van der Waals surface area contributed by atoms with E-state index in [1.165, 1.54) is 11.6 Å². The molecule has 4 aromatic rings. The van der Waals surface area contributed by atoms with Crippen molar-refractivity contribution in [3.05, 3.63) is 74.8 Å². The van der Waals surface area contributed by atoms with Crippen molar-refractivity contribution in [2.24, 2.45) is 7.05 Å². The van der Waals surface area contributed by atoms with E-state index >= 15 is 0 Å². The number of fused-ring (bicyclic) bond motifs is 1. The van der Waals surface area contributed by atoms with E-state index in [0.717, 1.165) is 5.56 Å². The predicted octanol–water partition coefficient (Wildman–Crippen LogP) is 1.38. The first-order chi connectivity index (χ1) is 14.9. The molecule has 3 N–H and O–H groups in total. The van der Waals surface area contributed by atoms with Gasteiger partial charge in [0.2, 0.25) is 5.95 Å². The standard InChI is InChI=1S/C21H23N5O5/c1-13-6-3-4-8-16(13)31-12-14(27)11-26-17-18(25(2)21(29)24-19(17)28)23-20(26)22-10-15-7-5-9-30-15/h3-9,14,27H,10-12H2,1-2H3,(H,22,23)(H,24,28,29)/t14-/m1/s1. The first-order valence-electron chi connectivity index (χ1n) is 9.76. The Morgan fingerprint density at radius 2 is 2.06 bits per heavy atom. The number of aliphatic hydroxyl groups excluding tert-OH is 1. The van der Waals surface area contributed by atoms with Crippen molar-refractivity contribution in [2.45, 2.75) is 26.1 Å². The lowest BCUT2D eigenvalue weighted by Gasteiger charge is -2.16. The molecule has 10 nitrogen and oxygen atoms in total. The Bertz CT molecular complexity index is 1300. The van der Waals surface area contributed by atoms with Gasteiger partial charge in [0.25, 0.3) is 5.56 Å². The van der Waals surface area contributed by atoms with Gasteiger partial charge in [0, 0.05) is 7.05 Å². The topological polar surface area (TPSA) is 127 Å². The number of aromatic amines is 1. The Hall–Kier alpha value is -3.79. The van der Waals surface area contributed by atoms with Crippen LogP contribution in [0.2, 0.25) is 0 Å². The molecule has 0 fully saturated rings. The van der Waals surface area contributed by atoms with Crippen LogP contribution in [0.3, 0.4) is 0 Å². The summed E-state index contributed by atoms with van der Waals surface area (Å²) in [6, 6.07) is 11.1. The van der Waals surface area contributed by atoms with Crippen LogP contribution in [0, 0.1) is 6.92 Å². The summed E-state index contributed by atoms with van der Waals surface area (Å²) in [6.07, 6.45) is 0.624. The van der Waals surface area contributed by atoms with Crippen molar-refractivity contribution >= 4 is 17.1 Å². The number of rotatable bonds is 8. The first-order valence-corrected chi connectivity index (χ1v) is 9.76. The number of para-hydroxylation sites is 1. The lowest BCUT2D eigenvalue weighted by molar-refractivity contribution is 0.0935. The second-order valence-electron chi connectivity index (χ2n) is 7.20. The summed E-state index contributed by atoms with van der Waals surface area (Å²) in [5.74, 6) is 1.67. The van der Waals surface area contributed by atoms with E-state index in [1.54, 1.807) is 23.0 Å². The predicted molar refractivity (Wildman–Crippen MR) is 114 cm³/mol. The van der Waals surface area contributed by atoms with Gasteiger partial charge in [-0.3, -0.25) is 14.3 Å². The summed E-state index contributed by atoms with van der Waals surface area (Å²) in [4.78, 5) is 31.2. The highest BCUT2D eigenvalue weighted by atomic mass is 16.5.